The first kappa shape index (κ1) is 12.7. The van der Waals surface area contributed by atoms with Crippen LogP contribution in [0.15, 0.2) is 49.2 Å². The van der Waals surface area contributed by atoms with Gasteiger partial charge in [-0.3, -0.25) is 0 Å². The normalized spacial score (nSPS) is 9.88. The van der Waals surface area contributed by atoms with Gasteiger partial charge in [-0.2, -0.15) is 0 Å². The molecule has 1 aromatic carbocycles. The van der Waals surface area contributed by atoms with Crippen molar-refractivity contribution >= 4 is 18.0 Å². The van der Waals surface area contributed by atoms with Crippen molar-refractivity contribution in [1.82, 2.24) is 0 Å². The molecular formula is C13H12O4. The molecule has 0 aliphatic heterocycles. The van der Waals surface area contributed by atoms with E-state index in [2.05, 4.69) is 16.1 Å². The quantitative estimate of drug-likeness (QED) is 0.442. The zero-order chi connectivity index (χ0) is 12.5. The van der Waals surface area contributed by atoms with Crippen molar-refractivity contribution in [1.29, 1.82) is 0 Å². The Hall–Kier alpha value is -2.36. The van der Waals surface area contributed by atoms with E-state index in [0.29, 0.717) is 0 Å². The van der Waals surface area contributed by atoms with Gasteiger partial charge in [-0.15, -0.1) is 0 Å². The molecule has 0 unspecified atom stereocenters. The third kappa shape index (κ3) is 5.32. The monoisotopic (exact) mass is 232 g/mol. The van der Waals surface area contributed by atoms with Gasteiger partial charge >= 0.3 is 11.9 Å². The van der Waals surface area contributed by atoms with Crippen molar-refractivity contribution in [3.63, 3.8) is 0 Å². The molecule has 0 bridgehead atoms. The molecule has 0 aliphatic rings. The Morgan fingerprint density at radius 3 is 2.59 bits per heavy atom. The minimum Gasteiger partial charge on any atom is -0.450 e. The summed E-state index contributed by atoms with van der Waals surface area (Å²) in [6.07, 6.45) is 3.83. The molecule has 88 valence electrons. The van der Waals surface area contributed by atoms with Gasteiger partial charge in [0.05, 0.1) is 6.26 Å². The third-order valence-corrected chi connectivity index (χ3v) is 1.76. The number of carbonyl (C=O) groups is 2. The van der Waals surface area contributed by atoms with E-state index >= 15 is 0 Å². The van der Waals surface area contributed by atoms with Crippen LogP contribution in [0.5, 0.6) is 0 Å². The topological polar surface area (TPSA) is 52.6 Å². The molecule has 17 heavy (non-hydrogen) atoms. The second kappa shape index (κ2) is 7.00. The van der Waals surface area contributed by atoms with Gasteiger partial charge in [-0.1, -0.05) is 36.9 Å². The third-order valence-electron chi connectivity index (χ3n) is 1.76. The summed E-state index contributed by atoms with van der Waals surface area (Å²) < 4.78 is 9.01. The maximum Gasteiger partial charge on any atom is 0.349 e. The molecule has 1 rings (SSSR count). The van der Waals surface area contributed by atoms with Crippen LogP contribution >= 0.6 is 0 Å². The summed E-state index contributed by atoms with van der Waals surface area (Å²) in [7, 11) is 0. The van der Waals surface area contributed by atoms with Crippen LogP contribution in [-0.4, -0.2) is 18.5 Å². The Kier molecular flexibility index (Phi) is 5.24. The van der Waals surface area contributed by atoms with Crippen LogP contribution < -0.4 is 0 Å². The van der Waals surface area contributed by atoms with E-state index in [-0.39, 0.29) is 0 Å². The van der Waals surface area contributed by atoms with Crippen LogP contribution in [0.25, 0.3) is 6.08 Å². The van der Waals surface area contributed by atoms with Crippen molar-refractivity contribution in [2.24, 2.45) is 0 Å². The maximum atomic E-state index is 11.2. The van der Waals surface area contributed by atoms with Crippen molar-refractivity contribution in [2.75, 3.05) is 6.61 Å². The highest BCUT2D eigenvalue weighted by atomic mass is 16.6. The van der Waals surface area contributed by atoms with Gasteiger partial charge in [-0.25, -0.2) is 9.59 Å². The van der Waals surface area contributed by atoms with Gasteiger partial charge in [0, 0.05) is 6.08 Å². The summed E-state index contributed by atoms with van der Waals surface area (Å²) in [5.74, 6) is -1.27. The highest BCUT2D eigenvalue weighted by molar-refractivity contribution is 5.88. The van der Waals surface area contributed by atoms with Crippen molar-refractivity contribution in [2.45, 2.75) is 0 Å². The largest absolute Gasteiger partial charge is 0.450 e. The van der Waals surface area contributed by atoms with E-state index in [4.69, 9.17) is 0 Å². The fourth-order valence-corrected chi connectivity index (χ4v) is 1.03. The fraction of sp³-hybridized carbons (Fsp3) is 0.0769. The van der Waals surface area contributed by atoms with Gasteiger partial charge in [0.25, 0.3) is 0 Å². The zero-order valence-electron chi connectivity index (χ0n) is 9.17. The van der Waals surface area contributed by atoms with Crippen LogP contribution in [0, 0.1) is 0 Å². The van der Waals surface area contributed by atoms with Crippen LogP contribution in [0.4, 0.5) is 0 Å². The average molecular weight is 232 g/mol. The van der Waals surface area contributed by atoms with Crippen molar-refractivity contribution in [3.8, 4) is 0 Å². The van der Waals surface area contributed by atoms with E-state index in [0.717, 1.165) is 11.8 Å². The highest BCUT2D eigenvalue weighted by Crippen LogP contribution is 2.01. The van der Waals surface area contributed by atoms with E-state index in [1.807, 2.05) is 30.3 Å². The molecule has 0 N–H and O–H groups in total. The summed E-state index contributed by atoms with van der Waals surface area (Å²) in [4.78, 5) is 22.0. The zero-order valence-corrected chi connectivity index (χ0v) is 9.17. The molecule has 0 saturated heterocycles. The summed E-state index contributed by atoms with van der Waals surface area (Å²) in [6, 6.07) is 9.27. The SMILES string of the molecule is C=COC(=O)COC(=O)/C=C/c1ccccc1. The van der Waals surface area contributed by atoms with E-state index < -0.39 is 18.5 Å². The molecule has 0 aromatic heterocycles. The fourth-order valence-electron chi connectivity index (χ4n) is 1.03. The predicted octanol–water partition coefficient (Wildman–Crippen LogP) is 1.93. The number of benzene rings is 1. The lowest BCUT2D eigenvalue weighted by Gasteiger charge is -1.99. The summed E-state index contributed by atoms with van der Waals surface area (Å²) >= 11 is 0. The lowest BCUT2D eigenvalue weighted by Crippen LogP contribution is -2.12. The first-order chi connectivity index (χ1) is 8.22. The first-order valence-corrected chi connectivity index (χ1v) is 4.92. The number of ether oxygens (including phenoxy) is 2. The second-order valence-corrected chi connectivity index (χ2v) is 3.01. The Morgan fingerprint density at radius 2 is 1.94 bits per heavy atom. The van der Waals surface area contributed by atoms with Gasteiger partial charge in [0.15, 0.2) is 6.61 Å². The predicted molar refractivity (Wildman–Crippen MR) is 62.7 cm³/mol. The molecule has 0 saturated carbocycles. The number of rotatable bonds is 5. The molecule has 0 aliphatic carbocycles. The van der Waals surface area contributed by atoms with Crippen LogP contribution in [-0.2, 0) is 19.1 Å². The number of esters is 2. The average Bonchev–Trinajstić information content (AvgIpc) is 2.35. The van der Waals surface area contributed by atoms with Crippen LogP contribution in [0.1, 0.15) is 5.56 Å². The molecule has 0 atom stereocenters. The minimum atomic E-state index is -0.665. The van der Waals surface area contributed by atoms with Crippen LogP contribution in [0.3, 0.4) is 0 Å². The summed E-state index contributed by atoms with van der Waals surface area (Å²) in [6.45, 7) is 2.78. The molecule has 1 aromatic rings. The number of hydrogen-bond donors (Lipinski definition) is 0. The second-order valence-electron chi connectivity index (χ2n) is 3.01. The molecule has 0 radical (unpaired) electrons. The Morgan fingerprint density at radius 1 is 1.24 bits per heavy atom. The van der Waals surface area contributed by atoms with Crippen molar-refractivity contribution < 1.29 is 19.1 Å². The molecule has 0 fully saturated rings. The Labute approximate surface area is 99.2 Å². The number of hydrogen-bond acceptors (Lipinski definition) is 4. The van der Waals surface area contributed by atoms with Gasteiger partial charge in [-0.05, 0) is 11.6 Å². The molecular weight excluding hydrogens is 220 g/mol. The molecule has 0 amide bonds. The highest BCUT2D eigenvalue weighted by Gasteiger charge is 2.04. The summed E-state index contributed by atoms with van der Waals surface area (Å²) in [5, 5.41) is 0. The Balaban J connectivity index is 2.37. The van der Waals surface area contributed by atoms with Gasteiger partial charge < -0.3 is 9.47 Å². The lowest BCUT2D eigenvalue weighted by atomic mass is 10.2. The first-order valence-electron chi connectivity index (χ1n) is 4.92. The van der Waals surface area contributed by atoms with E-state index in [1.54, 1.807) is 6.08 Å². The van der Waals surface area contributed by atoms with Gasteiger partial charge in [0.1, 0.15) is 0 Å². The minimum absolute atomic E-state index is 0.427. The standard InChI is InChI=1S/C13H12O4/c1-2-16-13(15)10-17-12(14)9-8-11-6-4-3-5-7-11/h2-9H,1,10H2/b9-8+. The van der Waals surface area contributed by atoms with E-state index in [1.165, 1.54) is 6.08 Å². The smallest absolute Gasteiger partial charge is 0.349 e. The molecule has 0 spiro atoms. The number of carbonyl (C=O) groups excluding carboxylic acids is 2. The lowest BCUT2D eigenvalue weighted by molar-refractivity contribution is -0.152. The molecule has 0 heterocycles. The van der Waals surface area contributed by atoms with Gasteiger partial charge in [0.2, 0.25) is 0 Å². The molecule has 4 heteroatoms. The van der Waals surface area contributed by atoms with E-state index in [9.17, 15) is 9.59 Å². The molecule has 4 nitrogen and oxygen atoms in total. The Bertz CT molecular complexity index is 420. The van der Waals surface area contributed by atoms with Crippen LogP contribution in [0.2, 0.25) is 0 Å². The van der Waals surface area contributed by atoms with Crippen molar-refractivity contribution in [3.05, 3.63) is 54.8 Å². The maximum absolute atomic E-state index is 11.2. The summed E-state index contributed by atoms with van der Waals surface area (Å²) in [5.41, 5.74) is 0.873.